The maximum Gasteiger partial charge on any atom is 0.355 e. The van der Waals surface area contributed by atoms with E-state index in [1.807, 2.05) is 30.3 Å². The van der Waals surface area contributed by atoms with Crippen molar-refractivity contribution < 1.29 is 39.1 Å². The summed E-state index contributed by atoms with van der Waals surface area (Å²) in [4.78, 5) is 66.2. The summed E-state index contributed by atoms with van der Waals surface area (Å²) in [6.07, 6.45) is 2.50. The van der Waals surface area contributed by atoms with Crippen molar-refractivity contribution in [1.29, 1.82) is 0 Å². The van der Waals surface area contributed by atoms with Gasteiger partial charge in [-0.1, -0.05) is 53.3 Å². The molecule has 6 N–H and O–H groups in total. The van der Waals surface area contributed by atoms with Gasteiger partial charge in [0.25, 0.3) is 11.8 Å². The van der Waals surface area contributed by atoms with Gasteiger partial charge in [-0.05, 0) is 21.6 Å². The maximum absolute atomic E-state index is 13.4. The standard InChI is InChI=1S/C27H26N10O8S3/c1-2-8-44-32-16(24(40)41)9-36-27(31-34-35-36)48-12-15-11-46-23-19(22(39)37(23)20(15)25(42)43)30-21(38)18(17-13-47-26(28)29-17)33-45-10-14-6-4-3-5-7-14/h2-7,9,13,19,23,32H,1,8,10-12H2,(H2,28,29)(H,30,38)(H,40,41)(H,42,43)/t19?,23-/m0/s1. The lowest BCUT2D eigenvalue weighted by Gasteiger charge is -2.49. The van der Waals surface area contributed by atoms with Crippen molar-refractivity contribution >= 4 is 75.7 Å². The highest BCUT2D eigenvalue weighted by Crippen LogP contribution is 2.41. The molecule has 0 spiro atoms. The molecule has 2 atom stereocenters. The van der Waals surface area contributed by atoms with Crippen molar-refractivity contribution in [3.8, 4) is 0 Å². The number of thioether (sulfide) groups is 2. The summed E-state index contributed by atoms with van der Waals surface area (Å²) in [5.41, 5.74) is 8.59. The minimum absolute atomic E-state index is 0.0330. The third-order valence-corrected chi connectivity index (χ3v) is 9.48. The number of β-lactam (4-membered cyclic amide) rings is 1. The first-order valence-corrected chi connectivity index (χ1v) is 16.6. The summed E-state index contributed by atoms with van der Waals surface area (Å²) in [7, 11) is 0. The Labute approximate surface area is 283 Å². The normalized spacial score (nSPS) is 17.8. The molecule has 250 valence electrons. The molecule has 0 radical (unpaired) electrons. The number of carboxylic acid groups (broad SMARTS) is 2. The Bertz CT molecular complexity index is 1810. The third-order valence-electron chi connectivity index (χ3n) is 6.45. The van der Waals surface area contributed by atoms with Gasteiger partial charge < -0.3 is 26.1 Å². The number of thiazole rings is 1. The predicted octanol–water partition coefficient (Wildman–Crippen LogP) is 0.754. The van der Waals surface area contributed by atoms with Gasteiger partial charge >= 0.3 is 11.9 Å². The van der Waals surface area contributed by atoms with Crippen LogP contribution in [-0.4, -0.2) is 99.3 Å². The zero-order valence-corrected chi connectivity index (χ0v) is 27.0. The highest BCUT2D eigenvalue weighted by Gasteiger charge is 2.54. The number of nitrogen functional groups attached to an aromatic ring is 1. The molecule has 0 bridgehead atoms. The van der Waals surface area contributed by atoms with Crippen molar-refractivity contribution in [2.45, 2.75) is 23.2 Å². The number of nitrogens with zero attached hydrogens (tertiary/aromatic N) is 7. The molecule has 2 aliphatic rings. The number of fused-ring (bicyclic) bond motifs is 1. The lowest BCUT2D eigenvalue weighted by molar-refractivity contribution is -0.150. The molecule has 5 rings (SSSR count). The highest BCUT2D eigenvalue weighted by atomic mass is 32.2. The molecule has 1 aromatic carbocycles. The van der Waals surface area contributed by atoms with Crippen LogP contribution in [-0.2, 0) is 35.5 Å². The second kappa shape index (κ2) is 15.6. The molecule has 0 aliphatic carbocycles. The number of carbonyl (C=O) groups excluding carboxylic acids is 2. The molecular formula is C27H26N10O8S3. The van der Waals surface area contributed by atoms with E-state index in [0.29, 0.717) is 5.57 Å². The van der Waals surface area contributed by atoms with Crippen molar-refractivity contribution in [3.05, 3.63) is 76.6 Å². The van der Waals surface area contributed by atoms with E-state index in [1.54, 1.807) is 0 Å². The Morgan fingerprint density at radius 1 is 1.25 bits per heavy atom. The number of tetrazole rings is 1. The number of nitrogens with two attached hydrogens (primary N) is 1. The predicted molar refractivity (Wildman–Crippen MR) is 174 cm³/mol. The van der Waals surface area contributed by atoms with E-state index < -0.39 is 35.2 Å². The van der Waals surface area contributed by atoms with Crippen LogP contribution in [0, 0.1) is 0 Å². The van der Waals surface area contributed by atoms with E-state index in [9.17, 15) is 29.4 Å². The van der Waals surface area contributed by atoms with Crippen LogP contribution in [0.25, 0.3) is 6.20 Å². The first-order chi connectivity index (χ1) is 23.2. The monoisotopic (exact) mass is 714 g/mol. The molecule has 18 nitrogen and oxygen atoms in total. The molecule has 2 aromatic heterocycles. The van der Waals surface area contributed by atoms with Gasteiger partial charge in [0.1, 0.15) is 29.4 Å². The lowest BCUT2D eigenvalue weighted by Crippen LogP contribution is -2.71. The number of anilines is 1. The van der Waals surface area contributed by atoms with Gasteiger partial charge in [-0.3, -0.25) is 24.8 Å². The third kappa shape index (κ3) is 7.82. The van der Waals surface area contributed by atoms with Crippen LogP contribution >= 0.6 is 34.9 Å². The second-order valence-corrected chi connectivity index (χ2v) is 12.6. The van der Waals surface area contributed by atoms with Crippen LogP contribution in [0.4, 0.5) is 5.13 Å². The number of carboxylic acids is 2. The van der Waals surface area contributed by atoms with Crippen LogP contribution in [0.1, 0.15) is 11.3 Å². The van der Waals surface area contributed by atoms with Crippen LogP contribution in [0.2, 0.25) is 0 Å². The Hall–Kier alpha value is -5.25. The SMILES string of the molecule is C=CCONC(=Cn1nnnc1SCC1=C(C(=O)O)N2C(=O)C(NC(=O)C(=NOCc3ccccc3)c3csc(N)n3)[C@@H]2SC1)C(=O)O. The Balaban J connectivity index is 1.28. The smallest absolute Gasteiger partial charge is 0.355 e. The van der Waals surface area contributed by atoms with E-state index in [0.717, 1.165) is 44.4 Å². The van der Waals surface area contributed by atoms with Gasteiger partial charge in [0.05, 0.1) is 12.8 Å². The molecule has 48 heavy (non-hydrogen) atoms. The van der Waals surface area contributed by atoms with E-state index in [-0.39, 0.29) is 57.8 Å². The van der Waals surface area contributed by atoms with Crippen LogP contribution < -0.4 is 16.5 Å². The number of amides is 2. The number of aliphatic carboxylic acids is 2. The topological polar surface area (TPSA) is 249 Å². The van der Waals surface area contributed by atoms with Crippen LogP contribution in [0.3, 0.4) is 0 Å². The molecule has 4 heterocycles. The largest absolute Gasteiger partial charge is 0.477 e. The number of hydroxylamine groups is 1. The van der Waals surface area contributed by atoms with Gasteiger partial charge in [0.15, 0.2) is 16.5 Å². The first-order valence-electron chi connectivity index (χ1n) is 13.7. The maximum atomic E-state index is 13.4. The van der Waals surface area contributed by atoms with Crippen molar-refractivity contribution in [2.24, 2.45) is 5.16 Å². The summed E-state index contributed by atoms with van der Waals surface area (Å²) in [5.74, 6) is -3.80. The summed E-state index contributed by atoms with van der Waals surface area (Å²) >= 11 is 3.38. The van der Waals surface area contributed by atoms with Crippen molar-refractivity contribution in [3.63, 3.8) is 0 Å². The highest BCUT2D eigenvalue weighted by molar-refractivity contribution is 8.01. The van der Waals surface area contributed by atoms with E-state index in [4.69, 9.17) is 15.4 Å². The van der Waals surface area contributed by atoms with Crippen LogP contribution in [0.15, 0.2) is 75.6 Å². The molecule has 1 unspecified atom stereocenters. The number of nitrogens with one attached hydrogen (secondary N) is 2. The molecule has 2 amide bonds. The van der Waals surface area contributed by atoms with Gasteiger partial charge in [-0.25, -0.2) is 14.6 Å². The van der Waals surface area contributed by atoms with E-state index >= 15 is 0 Å². The van der Waals surface area contributed by atoms with Gasteiger partial charge in [0, 0.05) is 16.9 Å². The van der Waals surface area contributed by atoms with Gasteiger partial charge in [-0.15, -0.1) is 34.8 Å². The summed E-state index contributed by atoms with van der Waals surface area (Å²) in [6.45, 7) is 3.58. The Morgan fingerprint density at radius 3 is 2.73 bits per heavy atom. The number of rotatable bonds is 16. The van der Waals surface area contributed by atoms with Crippen molar-refractivity contribution in [2.75, 3.05) is 23.8 Å². The zero-order valence-electron chi connectivity index (χ0n) is 24.6. The van der Waals surface area contributed by atoms with Crippen LogP contribution in [0.5, 0.6) is 0 Å². The van der Waals surface area contributed by atoms with E-state index in [2.05, 4.69) is 43.0 Å². The molecule has 0 saturated carbocycles. The molecule has 2 aliphatic heterocycles. The summed E-state index contributed by atoms with van der Waals surface area (Å²) in [6, 6.07) is 8.11. The molecule has 1 saturated heterocycles. The Kier molecular flexibility index (Phi) is 11.1. The number of aromatic nitrogens is 5. The number of hydrogen-bond acceptors (Lipinski definition) is 16. The van der Waals surface area contributed by atoms with Gasteiger partial charge in [0.2, 0.25) is 5.16 Å². The number of benzene rings is 1. The minimum Gasteiger partial charge on any atom is -0.477 e. The molecule has 3 aromatic rings. The second-order valence-electron chi connectivity index (χ2n) is 9.63. The fourth-order valence-electron chi connectivity index (χ4n) is 4.29. The number of hydrogen-bond donors (Lipinski definition) is 5. The average Bonchev–Trinajstić information content (AvgIpc) is 3.72. The number of carbonyl (C=O) groups is 4. The minimum atomic E-state index is -1.34. The van der Waals surface area contributed by atoms with Gasteiger partial charge in [-0.2, -0.15) is 4.68 Å². The Morgan fingerprint density at radius 2 is 2.04 bits per heavy atom. The fourth-order valence-corrected chi connectivity index (χ4v) is 7.17. The number of oxime groups is 1. The quantitative estimate of drug-likeness (QED) is 0.0261. The zero-order chi connectivity index (χ0) is 34.2. The van der Waals surface area contributed by atoms with Crippen molar-refractivity contribution in [1.82, 2.24) is 40.9 Å². The van der Waals surface area contributed by atoms with E-state index in [1.165, 1.54) is 23.2 Å². The molecule has 21 heteroatoms. The molecule has 1 fully saturated rings. The molecular weight excluding hydrogens is 689 g/mol. The summed E-state index contributed by atoms with van der Waals surface area (Å²) < 4.78 is 1.08. The summed E-state index contributed by atoms with van der Waals surface area (Å²) in [5, 5.41) is 38.5. The fraction of sp³-hybridized carbons (Fsp3) is 0.222. The lowest BCUT2D eigenvalue weighted by atomic mass is 10.0. The average molecular weight is 715 g/mol. The first kappa shape index (κ1) is 34.1.